The Kier molecular flexibility index (Phi) is 3.16. The quantitative estimate of drug-likeness (QED) is 0.600. The summed E-state index contributed by atoms with van der Waals surface area (Å²) in [6.45, 7) is 0.167. The van der Waals surface area contributed by atoms with Crippen molar-refractivity contribution in [2.24, 2.45) is 5.10 Å². The number of benzene rings is 2. The van der Waals surface area contributed by atoms with Crippen LogP contribution in [0, 0.1) is 0 Å². The Bertz CT molecular complexity index is 843. The molecular weight excluding hydrogens is 364 g/mol. The third kappa shape index (κ3) is 2.20. The summed E-state index contributed by atoms with van der Waals surface area (Å²) in [5.41, 5.74) is 1.39. The second-order valence-electron chi connectivity index (χ2n) is 4.94. The lowest BCUT2D eigenvalue weighted by atomic mass is 10.1. The van der Waals surface area contributed by atoms with E-state index < -0.39 is 11.8 Å². The lowest BCUT2D eigenvalue weighted by Gasteiger charge is -2.06. The molecule has 2 aliphatic rings. The van der Waals surface area contributed by atoms with Gasteiger partial charge in [0.2, 0.25) is 6.79 Å². The maximum atomic E-state index is 12.2. The van der Waals surface area contributed by atoms with Crippen molar-refractivity contribution in [3.63, 3.8) is 0 Å². The number of halogens is 1. The number of rotatable bonds is 2. The Hall–Kier alpha value is -2.67. The first kappa shape index (κ1) is 14.0. The molecule has 7 heteroatoms. The highest BCUT2D eigenvalue weighted by atomic mass is 79.9. The van der Waals surface area contributed by atoms with E-state index in [0.29, 0.717) is 28.2 Å². The summed E-state index contributed by atoms with van der Waals surface area (Å²) in [5, 5.41) is 4.90. The van der Waals surface area contributed by atoms with Gasteiger partial charge in [0.05, 0.1) is 17.3 Å². The molecule has 0 fully saturated rings. The van der Waals surface area contributed by atoms with Gasteiger partial charge in [-0.2, -0.15) is 10.1 Å². The predicted octanol–water partition coefficient (Wildman–Crippen LogP) is 2.81. The van der Waals surface area contributed by atoms with Crippen LogP contribution in [0.5, 0.6) is 11.5 Å². The van der Waals surface area contributed by atoms with E-state index in [4.69, 9.17) is 9.47 Å². The number of amides is 2. The van der Waals surface area contributed by atoms with Crippen LogP contribution in [0.4, 0.5) is 0 Å². The molecule has 0 unspecified atom stereocenters. The Morgan fingerprint density at radius 2 is 1.65 bits per heavy atom. The first-order valence-electron chi connectivity index (χ1n) is 6.76. The average Bonchev–Trinajstić information content (AvgIpc) is 3.10. The van der Waals surface area contributed by atoms with E-state index in [2.05, 4.69) is 21.0 Å². The smallest absolute Gasteiger partial charge is 0.282 e. The molecule has 2 aliphatic heterocycles. The summed E-state index contributed by atoms with van der Waals surface area (Å²) in [6.07, 6.45) is 1.44. The third-order valence-electron chi connectivity index (χ3n) is 3.58. The second-order valence-corrected chi connectivity index (χ2v) is 5.79. The van der Waals surface area contributed by atoms with Crippen molar-refractivity contribution in [3.8, 4) is 11.5 Å². The Labute approximate surface area is 139 Å². The van der Waals surface area contributed by atoms with Crippen LogP contribution in [0.25, 0.3) is 0 Å². The standard InChI is InChI=1S/C16H9BrN2O4/c17-12-6-14-13(22-8-23-14)5-9(12)7-18-19-15(20)10-3-1-2-4-11(10)16(19)21/h1-7H,8H2/b18-7-. The zero-order chi connectivity index (χ0) is 16.0. The average molecular weight is 373 g/mol. The monoisotopic (exact) mass is 372 g/mol. The summed E-state index contributed by atoms with van der Waals surface area (Å²) in [5.74, 6) is 0.365. The van der Waals surface area contributed by atoms with Crippen LogP contribution >= 0.6 is 15.9 Å². The molecule has 0 bridgehead atoms. The largest absolute Gasteiger partial charge is 0.454 e. The van der Waals surface area contributed by atoms with Crippen molar-refractivity contribution in [3.05, 3.63) is 57.6 Å². The molecule has 2 aromatic carbocycles. The van der Waals surface area contributed by atoms with Gasteiger partial charge in [-0.05, 0) is 40.2 Å². The highest BCUT2D eigenvalue weighted by molar-refractivity contribution is 9.10. The van der Waals surface area contributed by atoms with Crippen molar-refractivity contribution < 1.29 is 19.1 Å². The lowest BCUT2D eigenvalue weighted by molar-refractivity contribution is 0.0660. The molecule has 0 saturated carbocycles. The molecule has 2 aromatic rings. The normalized spacial score (nSPS) is 15.6. The maximum absolute atomic E-state index is 12.2. The van der Waals surface area contributed by atoms with Crippen molar-refractivity contribution >= 4 is 34.0 Å². The highest BCUT2D eigenvalue weighted by Gasteiger charge is 2.35. The zero-order valence-corrected chi connectivity index (χ0v) is 13.2. The summed E-state index contributed by atoms with van der Waals surface area (Å²) in [4.78, 5) is 24.5. The van der Waals surface area contributed by atoms with Gasteiger partial charge in [-0.25, -0.2) is 0 Å². The van der Waals surface area contributed by atoms with E-state index >= 15 is 0 Å². The van der Waals surface area contributed by atoms with Gasteiger partial charge in [-0.1, -0.05) is 12.1 Å². The molecule has 114 valence electrons. The molecule has 0 aromatic heterocycles. The fourth-order valence-corrected chi connectivity index (χ4v) is 2.86. The summed E-state index contributed by atoms with van der Waals surface area (Å²) < 4.78 is 11.3. The fourth-order valence-electron chi connectivity index (χ4n) is 2.43. The van der Waals surface area contributed by atoms with Crippen molar-refractivity contribution in [1.82, 2.24) is 5.01 Å². The summed E-state index contributed by atoms with van der Waals surface area (Å²) in [6, 6.07) is 10.1. The van der Waals surface area contributed by atoms with E-state index in [1.165, 1.54) is 6.21 Å². The van der Waals surface area contributed by atoms with Crippen LogP contribution < -0.4 is 9.47 Å². The number of hydrazone groups is 1. The second kappa shape index (κ2) is 5.20. The minimum atomic E-state index is -0.432. The number of hydrogen-bond donors (Lipinski definition) is 0. The molecule has 2 amide bonds. The van der Waals surface area contributed by atoms with Gasteiger partial charge in [0.1, 0.15) is 0 Å². The molecule has 2 heterocycles. The highest BCUT2D eigenvalue weighted by Crippen LogP contribution is 2.36. The molecule has 6 nitrogen and oxygen atoms in total. The number of ether oxygens (including phenoxy) is 2. The molecule has 0 radical (unpaired) electrons. The van der Waals surface area contributed by atoms with Gasteiger partial charge < -0.3 is 9.47 Å². The van der Waals surface area contributed by atoms with E-state index in [1.54, 1.807) is 36.4 Å². The summed E-state index contributed by atoms with van der Waals surface area (Å²) >= 11 is 3.40. The zero-order valence-electron chi connectivity index (χ0n) is 11.7. The van der Waals surface area contributed by atoms with Crippen molar-refractivity contribution in [1.29, 1.82) is 0 Å². The SMILES string of the molecule is O=C1c2ccccc2C(=O)N1/N=C\c1cc2c(cc1Br)OCO2. The minimum absolute atomic E-state index is 0.167. The fraction of sp³-hybridized carbons (Fsp3) is 0.0625. The molecule has 23 heavy (non-hydrogen) atoms. The van der Waals surface area contributed by atoms with Crippen LogP contribution in [0.3, 0.4) is 0 Å². The lowest BCUT2D eigenvalue weighted by Crippen LogP contribution is -2.24. The van der Waals surface area contributed by atoms with E-state index in [-0.39, 0.29) is 6.79 Å². The molecule has 0 aliphatic carbocycles. The number of carbonyl (C=O) groups excluding carboxylic acids is 2. The van der Waals surface area contributed by atoms with Crippen molar-refractivity contribution in [2.45, 2.75) is 0 Å². The number of hydrogen-bond acceptors (Lipinski definition) is 5. The van der Waals surface area contributed by atoms with Gasteiger partial charge in [-0.15, -0.1) is 0 Å². The number of nitrogens with zero attached hydrogens (tertiary/aromatic N) is 2. The Morgan fingerprint density at radius 1 is 1.04 bits per heavy atom. The molecule has 0 spiro atoms. The minimum Gasteiger partial charge on any atom is -0.454 e. The van der Waals surface area contributed by atoms with Crippen LogP contribution in [0.2, 0.25) is 0 Å². The molecule has 4 rings (SSSR count). The van der Waals surface area contributed by atoms with Crippen molar-refractivity contribution in [2.75, 3.05) is 6.79 Å². The van der Waals surface area contributed by atoms with E-state index in [9.17, 15) is 9.59 Å². The Balaban J connectivity index is 1.66. The van der Waals surface area contributed by atoms with E-state index in [0.717, 1.165) is 9.48 Å². The molecule has 0 N–H and O–H groups in total. The predicted molar refractivity (Wildman–Crippen MR) is 84.8 cm³/mol. The van der Waals surface area contributed by atoms with Gasteiger partial charge in [-0.3, -0.25) is 9.59 Å². The Morgan fingerprint density at radius 3 is 2.30 bits per heavy atom. The van der Waals surface area contributed by atoms with Gasteiger partial charge >= 0.3 is 0 Å². The topological polar surface area (TPSA) is 68.2 Å². The van der Waals surface area contributed by atoms with Crippen LogP contribution in [-0.4, -0.2) is 29.8 Å². The van der Waals surface area contributed by atoms with Gasteiger partial charge in [0, 0.05) is 10.0 Å². The third-order valence-corrected chi connectivity index (χ3v) is 4.26. The first-order chi connectivity index (χ1) is 11.1. The number of imide groups is 1. The summed E-state index contributed by atoms with van der Waals surface area (Å²) in [7, 11) is 0. The molecule has 0 atom stereocenters. The first-order valence-corrected chi connectivity index (χ1v) is 7.55. The number of fused-ring (bicyclic) bond motifs is 2. The van der Waals surface area contributed by atoms with Crippen LogP contribution in [0.1, 0.15) is 26.3 Å². The molecular formula is C16H9BrN2O4. The maximum Gasteiger partial charge on any atom is 0.282 e. The molecule has 0 saturated heterocycles. The van der Waals surface area contributed by atoms with Crippen LogP contribution in [-0.2, 0) is 0 Å². The van der Waals surface area contributed by atoms with Gasteiger partial charge in [0.25, 0.3) is 11.8 Å². The number of carbonyl (C=O) groups is 2. The van der Waals surface area contributed by atoms with E-state index in [1.807, 2.05) is 0 Å². The van der Waals surface area contributed by atoms with Crippen LogP contribution in [0.15, 0.2) is 46.0 Å². The van der Waals surface area contributed by atoms with Gasteiger partial charge in [0.15, 0.2) is 11.5 Å².